The van der Waals surface area contributed by atoms with Crippen molar-refractivity contribution >= 4 is 11.9 Å². The Hall–Kier alpha value is -1.70. The Bertz CT molecular complexity index is 910. The third-order valence-electron chi connectivity index (χ3n) is 8.66. The molecule has 8 atom stereocenters. The Morgan fingerprint density at radius 3 is 2.47 bits per heavy atom. The van der Waals surface area contributed by atoms with E-state index in [0.29, 0.717) is 43.8 Å². The summed E-state index contributed by atoms with van der Waals surface area (Å²) in [5.41, 5.74) is 0.708. The quantitative estimate of drug-likeness (QED) is 0.374. The average Bonchev–Trinajstić information content (AvgIpc) is 3.28. The molecule has 1 spiro atoms. The lowest BCUT2D eigenvalue weighted by molar-refractivity contribution is -0.376. The van der Waals surface area contributed by atoms with Gasteiger partial charge in [-0.1, -0.05) is 45.9 Å². The van der Waals surface area contributed by atoms with Crippen molar-refractivity contribution in [3.8, 4) is 0 Å². The van der Waals surface area contributed by atoms with E-state index < -0.39 is 11.4 Å². The highest BCUT2D eigenvalue weighted by atomic mass is 16.9. The van der Waals surface area contributed by atoms with Gasteiger partial charge in [-0.25, -0.2) is 0 Å². The summed E-state index contributed by atoms with van der Waals surface area (Å²) in [6.45, 7) is 14.9. The van der Waals surface area contributed by atoms with Gasteiger partial charge in [0.2, 0.25) is 0 Å². The smallest absolute Gasteiger partial charge is 0.311 e. The summed E-state index contributed by atoms with van der Waals surface area (Å²) >= 11 is 0. The van der Waals surface area contributed by atoms with Crippen LogP contribution in [0.3, 0.4) is 0 Å². The summed E-state index contributed by atoms with van der Waals surface area (Å²) in [5.74, 6) is -0.346. The van der Waals surface area contributed by atoms with Gasteiger partial charge < -0.3 is 23.7 Å². The number of carbonyl (C=O) groups is 2. The van der Waals surface area contributed by atoms with Crippen molar-refractivity contribution in [1.29, 1.82) is 0 Å². The summed E-state index contributed by atoms with van der Waals surface area (Å²) in [6, 6.07) is 0. The maximum atomic E-state index is 12.8. The van der Waals surface area contributed by atoms with Crippen molar-refractivity contribution in [2.24, 2.45) is 35.0 Å². The fourth-order valence-electron chi connectivity index (χ4n) is 6.25. The van der Waals surface area contributed by atoms with Crippen LogP contribution in [0, 0.1) is 35.0 Å². The Morgan fingerprint density at radius 2 is 1.82 bits per heavy atom. The molecule has 38 heavy (non-hydrogen) atoms. The number of ether oxygens (including phenoxy) is 5. The Labute approximate surface area is 228 Å². The molecule has 0 saturated carbocycles. The van der Waals surface area contributed by atoms with Crippen molar-refractivity contribution in [2.45, 2.75) is 111 Å². The van der Waals surface area contributed by atoms with Gasteiger partial charge in [-0.05, 0) is 69.8 Å². The SMILES string of the molecule is CC[C@H](C)C(=O)O[C@H]1C[C@@H](C)C=C2C=C[C@H](C)[C@H](CC[C@@H]3C[C@@H](OC(=O)C(C)(C)C)CC4(OCCO4)O3)[C@H]21. The zero-order valence-electron chi connectivity index (χ0n) is 24.4. The van der Waals surface area contributed by atoms with E-state index in [2.05, 4.69) is 32.1 Å². The summed E-state index contributed by atoms with van der Waals surface area (Å²) in [7, 11) is 0. The minimum atomic E-state index is -1.14. The van der Waals surface area contributed by atoms with Crippen LogP contribution in [0.1, 0.15) is 87.0 Å². The Kier molecular flexibility index (Phi) is 9.10. The van der Waals surface area contributed by atoms with Crippen LogP contribution in [0.5, 0.6) is 0 Å². The van der Waals surface area contributed by atoms with Gasteiger partial charge in [0.25, 0.3) is 5.97 Å². The van der Waals surface area contributed by atoms with Gasteiger partial charge in [0, 0.05) is 12.3 Å². The molecule has 0 unspecified atom stereocenters. The second-order valence-corrected chi connectivity index (χ2v) is 13.0. The highest BCUT2D eigenvalue weighted by molar-refractivity contribution is 5.75. The van der Waals surface area contributed by atoms with Gasteiger partial charge in [-0.15, -0.1) is 0 Å². The normalized spacial score (nSPS) is 35.3. The molecule has 214 valence electrons. The third-order valence-corrected chi connectivity index (χ3v) is 8.66. The molecule has 4 rings (SSSR count). The lowest BCUT2D eigenvalue weighted by atomic mass is 9.65. The Balaban J connectivity index is 1.48. The second-order valence-electron chi connectivity index (χ2n) is 13.0. The fraction of sp³-hybridized carbons (Fsp3) is 0.806. The van der Waals surface area contributed by atoms with Crippen molar-refractivity contribution in [3.05, 3.63) is 23.8 Å². The van der Waals surface area contributed by atoms with Gasteiger partial charge in [0.15, 0.2) is 0 Å². The topological polar surface area (TPSA) is 80.3 Å². The first kappa shape index (κ1) is 29.3. The molecule has 0 radical (unpaired) electrons. The van der Waals surface area contributed by atoms with Gasteiger partial charge in [-0.2, -0.15) is 0 Å². The molecular weight excluding hydrogens is 484 g/mol. The van der Waals surface area contributed by atoms with E-state index in [1.165, 1.54) is 5.57 Å². The maximum absolute atomic E-state index is 12.8. The van der Waals surface area contributed by atoms with Crippen molar-refractivity contribution in [1.82, 2.24) is 0 Å². The van der Waals surface area contributed by atoms with Crippen LogP contribution in [0.2, 0.25) is 0 Å². The number of carbonyl (C=O) groups excluding carboxylic acids is 2. The number of fused-ring (bicyclic) bond motifs is 1. The van der Waals surface area contributed by atoms with Crippen molar-refractivity contribution in [3.63, 3.8) is 0 Å². The molecule has 2 heterocycles. The molecule has 2 aliphatic heterocycles. The summed E-state index contributed by atoms with van der Waals surface area (Å²) in [6.07, 6.45) is 10.6. The molecular formula is C31H48O7. The lowest BCUT2D eigenvalue weighted by Gasteiger charge is -2.44. The second kappa shape index (κ2) is 11.8. The molecule has 0 bridgehead atoms. The van der Waals surface area contributed by atoms with E-state index in [1.54, 1.807) is 0 Å². The van der Waals surface area contributed by atoms with Crippen LogP contribution in [0.15, 0.2) is 23.8 Å². The lowest BCUT2D eigenvalue weighted by Crippen LogP contribution is -2.49. The molecule has 2 aliphatic carbocycles. The zero-order chi connectivity index (χ0) is 27.7. The molecule has 7 heteroatoms. The first-order valence-electron chi connectivity index (χ1n) is 14.7. The molecule has 0 aromatic rings. The number of allylic oxidation sites excluding steroid dienone is 3. The van der Waals surface area contributed by atoms with E-state index in [9.17, 15) is 9.59 Å². The van der Waals surface area contributed by atoms with Gasteiger partial charge in [0.1, 0.15) is 12.2 Å². The minimum absolute atomic E-state index is 0.0940. The first-order valence-corrected chi connectivity index (χ1v) is 14.7. The van der Waals surface area contributed by atoms with Crippen molar-refractivity contribution in [2.75, 3.05) is 13.2 Å². The monoisotopic (exact) mass is 532 g/mol. The largest absolute Gasteiger partial charge is 0.462 e. The molecule has 4 aliphatic rings. The molecule has 0 aromatic heterocycles. The van der Waals surface area contributed by atoms with E-state index in [-0.39, 0.29) is 42.1 Å². The van der Waals surface area contributed by atoms with Crippen LogP contribution in [-0.4, -0.2) is 49.4 Å². The number of hydrogen-bond donors (Lipinski definition) is 0. The predicted octanol–water partition coefficient (Wildman–Crippen LogP) is 5.97. The van der Waals surface area contributed by atoms with Crippen LogP contribution in [-0.2, 0) is 33.3 Å². The molecule has 2 saturated heterocycles. The van der Waals surface area contributed by atoms with Crippen molar-refractivity contribution < 1.29 is 33.3 Å². The average molecular weight is 533 g/mol. The highest BCUT2D eigenvalue weighted by Crippen LogP contribution is 2.46. The summed E-state index contributed by atoms with van der Waals surface area (Å²) in [5, 5.41) is 0. The van der Waals surface area contributed by atoms with E-state index in [0.717, 1.165) is 25.7 Å². The zero-order valence-corrected chi connectivity index (χ0v) is 24.4. The van der Waals surface area contributed by atoms with Gasteiger partial charge in [0.05, 0.1) is 37.1 Å². The van der Waals surface area contributed by atoms with Crippen LogP contribution >= 0.6 is 0 Å². The molecule has 0 amide bonds. The first-order chi connectivity index (χ1) is 17.9. The summed E-state index contributed by atoms with van der Waals surface area (Å²) < 4.78 is 30.3. The maximum Gasteiger partial charge on any atom is 0.311 e. The highest BCUT2D eigenvalue weighted by Gasteiger charge is 2.49. The number of rotatable bonds is 7. The summed E-state index contributed by atoms with van der Waals surface area (Å²) in [4.78, 5) is 25.5. The third kappa shape index (κ3) is 6.71. The molecule has 2 fully saturated rings. The fourth-order valence-corrected chi connectivity index (χ4v) is 6.25. The number of hydrogen-bond acceptors (Lipinski definition) is 7. The molecule has 0 aromatic carbocycles. The van der Waals surface area contributed by atoms with Crippen LogP contribution in [0.4, 0.5) is 0 Å². The van der Waals surface area contributed by atoms with E-state index >= 15 is 0 Å². The minimum Gasteiger partial charge on any atom is -0.462 e. The number of esters is 2. The van der Waals surface area contributed by atoms with E-state index in [1.807, 2.05) is 34.6 Å². The molecule has 7 nitrogen and oxygen atoms in total. The molecule has 0 N–H and O–H groups in total. The van der Waals surface area contributed by atoms with Crippen LogP contribution in [0.25, 0.3) is 0 Å². The standard InChI is InChI=1S/C31H48O7/c1-8-20(3)28(32)37-26-16-19(2)15-22-10-9-21(4)25(27(22)26)12-11-23-17-24(36-29(33)30(5,6)7)18-31(38-23)34-13-14-35-31/h9-10,15,19-21,23-27H,8,11-14,16-18H2,1-7H3/t19-,20-,21-,23+,24+,25-,26-,27-/m0/s1. The predicted molar refractivity (Wildman–Crippen MR) is 144 cm³/mol. The van der Waals surface area contributed by atoms with Gasteiger partial charge >= 0.3 is 11.9 Å². The van der Waals surface area contributed by atoms with Gasteiger partial charge in [-0.3, -0.25) is 9.59 Å². The van der Waals surface area contributed by atoms with E-state index in [4.69, 9.17) is 23.7 Å². The Morgan fingerprint density at radius 1 is 1.11 bits per heavy atom. The van der Waals surface area contributed by atoms with Crippen LogP contribution < -0.4 is 0 Å².